The molecule has 2 aromatic carbocycles. The van der Waals surface area contributed by atoms with Gasteiger partial charge in [-0.2, -0.15) is 0 Å². The monoisotopic (exact) mass is 399 g/mol. The zero-order valence-corrected chi connectivity index (χ0v) is 16.6. The number of benzene rings is 2. The average Bonchev–Trinajstić information content (AvgIpc) is 3.20. The van der Waals surface area contributed by atoms with Crippen molar-refractivity contribution in [2.45, 2.75) is 26.4 Å². The van der Waals surface area contributed by atoms with Crippen molar-refractivity contribution in [3.05, 3.63) is 64.7 Å². The minimum Gasteiger partial charge on any atom is -0.382 e. The molecule has 1 atom stereocenters. The Morgan fingerprint density at radius 3 is 2.54 bits per heavy atom. The second-order valence-electron chi connectivity index (χ2n) is 6.36. The number of carbonyl (C=O) groups is 2. The van der Waals surface area contributed by atoms with Crippen LogP contribution in [0.2, 0.25) is 5.02 Å². The maximum Gasteiger partial charge on any atom is 0.268 e. The molecule has 1 aliphatic rings. The van der Waals surface area contributed by atoms with Gasteiger partial charge in [0.1, 0.15) is 0 Å². The van der Waals surface area contributed by atoms with Crippen LogP contribution in [0.5, 0.6) is 0 Å². The highest BCUT2D eigenvalue weighted by atomic mass is 35.5. The van der Waals surface area contributed by atoms with E-state index in [0.717, 1.165) is 11.3 Å². The summed E-state index contributed by atoms with van der Waals surface area (Å²) in [6.45, 7) is 5.04. The molecule has 6 nitrogen and oxygen atoms in total. The molecule has 2 aromatic rings. The van der Waals surface area contributed by atoms with Gasteiger partial charge < -0.3 is 15.1 Å². The summed E-state index contributed by atoms with van der Waals surface area (Å²) in [4.78, 5) is 31.9. The molecular weight excluding hydrogens is 378 g/mol. The van der Waals surface area contributed by atoms with E-state index in [0.29, 0.717) is 35.8 Å². The Balaban J connectivity index is 1.64. The van der Waals surface area contributed by atoms with Crippen LogP contribution < -0.4 is 5.32 Å². The maximum atomic E-state index is 12.5. The molecule has 146 valence electrons. The fraction of sp³-hybridized carbons (Fsp3) is 0.286. The van der Waals surface area contributed by atoms with Crippen LogP contribution in [-0.4, -0.2) is 41.6 Å². The normalized spacial score (nSPS) is 15.5. The number of carbonyl (C=O) groups excluding carboxylic acids is 2. The molecule has 28 heavy (non-hydrogen) atoms. The van der Waals surface area contributed by atoms with Gasteiger partial charge in [0.25, 0.3) is 11.8 Å². The van der Waals surface area contributed by atoms with Crippen LogP contribution in [0.3, 0.4) is 0 Å². The summed E-state index contributed by atoms with van der Waals surface area (Å²) in [6, 6.07) is 14.4. The first-order valence-corrected chi connectivity index (χ1v) is 9.59. The van der Waals surface area contributed by atoms with E-state index in [1.807, 2.05) is 44.2 Å². The van der Waals surface area contributed by atoms with Gasteiger partial charge in [0.2, 0.25) is 6.10 Å². The molecule has 0 radical (unpaired) electrons. The third kappa shape index (κ3) is 4.34. The fourth-order valence-electron chi connectivity index (χ4n) is 2.99. The molecule has 7 heteroatoms. The van der Waals surface area contributed by atoms with E-state index in [1.54, 1.807) is 23.1 Å². The Kier molecular flexibility index (Phi) is 6.31. The fourth-order valence-corrected chi connectivity index (χ4v) is 3.25. The molecule has 1 heterocycles. The van der Waals surface area contributed by atoms with Gasteiger partial charge >= 0.3 is 0 Å². The predicted octanol–water partition coefficient (Wildman–Crippen LogP) is 3.95. The van der Waals surface area contributed by atoms with E-state index >= 15 is 0 Å². The average molecular weight is 400 g/mol. The smallest absolute Gasteiger partial charge is 0.268 e. The standard InChI is InChI=1S/C21H22ClN3O3/c1-3-25(4-2)21(27)16-11-10-15(12-17(16)22)23-20(26)19-13-18(24-28-19)14-8-6-5-7-9-14/h5-12,19H,3-4,13H2,1-2H3,(H,23,26). The number of halogens is 1. The van der Waals surface area contributed by atoms with Crippen molar-refractivity contribution in [1.82, 2.24) is 4.90 Å². The van der Waals surface area contributed by atoms with Crippen LogP contribution in [0.4, 0.5) is 5.69 Å². The summed E-state index contributed by atoms with van der Waals surface area (Å²) in [5.74, 6) is -0.443. The molecule has 1 unspecified atom stereocenters. The summed E-state index contributed by atoms with van der Waals surface area (Å²) in [6.07, 6.45) is -0.312. The van der Waals surface area contributed by atoms with Crippen molar-refractivity contribution < 1.29 is 14.4 Å². The third-order valence-electron chi connectivity index (χ3n) is 4.59. The molecule has 0 aliphatic carbocycles. The Morgan fingerprint density at radius 2 is 1.89 bits per heavy atom. The Hall–Kier alpha value is -2.86. The van der Waals surface area contributed by atoms with E-state index in [-0.39, 0.29) is 11.8 Å². The van der Waals surface area contributed by atoms with E-state index in [9.17, 15) is 9.59 Å². The number of oxime groups is 1. The van der Waals surface area contributed by atoms with Crippen molar-refractivity contribution >= 4 is 34.8 Å². The minimum atomic E-state index is -0.703. The number of nitrogens with one attached hydrogen (secondary N) is 1. The number of rotatable bonds is 6. The third-order valence-corrected chi connectivity index (χ3v) is 4.90. The summed E-state index contributed by atoms with van der Waals surface area (Å²) >= 11 is 6.28. The quantitative estimate of drug-likeness (QED) is 0.799. The number of hydrogen-bond donors (Lipinski definition) is 1. The molecule has 0 saturated carbocycles. The Bertz CT molecular complexity index is 895. The van der Waals surface area contributed by atoms with Crippen molar-refractivity contribution in [2.24, 2.45) is 5.16 Å². The molecule has 0 saturated heterocycles. The van der Waals surface area contributed by atoms with Gasteiger partial charge in [-0.3, -0.25) is 9.59 Å². The van der Waals surface area contributed by atoms with E-state index in [4.69, 9.17) is 16.4 Å². The zero-order chi connectivity index (χ0) is 20.1. The highest BCUT2D eigenvalue weighted by molar-refractivity contribution is 6.34. The van der Waals surface area contributed by atoms with Gasteiger partial charge in [-0.25, -0.2) is 0 Å². The summed E-state index contributed by atoms with van der Waals surface area (Å²) < 4.78 is 0. The first-order chi connectivity index (χ1) is 13.5. The van der Waals surface area contributed by atoms with E-state index in [1.165, 1.54) is 0 Å². The molecule has 0 fully saturated rings. The van der Waals surface area contributed by atoms with Crippen LogP contribution in [0.1, 0.15) is 36.2 Å². The number of amides is 2. The van der Waals surface area contributed by atoms with Gasteiger partial charge in [0, 0.05) is 25.2 Å². The maximum absolute atomic E-state index is 12.5. The summed E-state index contributed by atoms with van der Waals surface area (Å²) in [7, 11) is 0. The molecule has 0 spiro atoms. The van der Waals surface area contributed by atoms with Crippen molar-refractivity contribution in [1.29, 1.82) is 0 Å². The molecule has 2 amide bonds. The first-order valence-electron chi connectivity index (χ1n) is 9.21. The summed E-state index contributed by atoms with van der Waals surface area (Å²) in [5, 5.41) is 7.09. The Morgan fingerprint density at radius 1 is 1.18 bits per heavy atom. The molecular formula is C21H22ClN3O3. The summed E-state index contributed by atoms with van der Waals surface area (Å²) in [5.41, 5.74) is 2.58. The molecule has 0 bridgehead atoms. The van der Waals surface area contributed by atoms with Gasteiger partial charge in [-0.15, -0.1) is 0 Å². The van der Waals surface area contributed by atoms with Crippen molar-refractivity contribution in [3.8, 4) is 0 Å². The lowest BCUT2D eigenvalue weighted by atomic mass is 10.0. The van der Waals surface area contributed by atoms with Crippen molar-refractivity contribution in [2.75, 3.05) is 18.4 Å². The molecule has 1 aliphatic heterocycles. The van der Waals surface area contributed by atoms with Gasteiger partial charge in [-0.05, 0) is 37.6 Å². The van der Waals surface area contributed by atoms with Gasteiger partial charge in [0.05, 0.1) is 16.3 Å². The second kappa shape index (κ2) is 8.89. The van der Waals surface area contributed by atoms with Gasteiger partial charge in [0.15, 0.2) is 0 Å². The SMILES string of the molecule is CCN(CC)C(=O)c1ccc(NC(=O)C2CC(c3ccccc3)=NO2)cc1Cl. The predicted molar refractivity (Wildman–Crippen MR) is 110 cm³/mol. The van der Waals surface area contributed by atoms with E-state index in [2.05, 4.69) is 10.5 Å². The largest absolute Gasteiger partial charge is 0.382 e. The van der Waals surface area contributed by atoms with Gasteiger partial charge in [-0.1, -0.05) is 47.1 Å². The lowest BCUT2D eigenvalue weighted by Crippen LogP contribution is -2.31. The Labute approximate surface area is 169 Å². The highest BCUT2D eigenvalue weighted by Gasteiger charge is 2.29. The van der Waals surface area contributed by atoms with Crippen LogP contribution in [0.15, 0.2) is 53.7 Å². The number of nitrogens with zero attached hydrogens (tertiary/aromatic N) is 2. The number of anilines is 1. The van der Waals surface area contributed by atoms with E-state index < -0.39 is 6.10 Å². The molecule has 0 aromatic heterocycles. The highest BCUT2D eigenvalue weighted by Crippen LogP contribution is 2.24. The second-order valence-corrected chi connectivity index (χ2v) is 6.77. The van der Waals surface area contributed by atoms with Crippen LogP contribution >= 0.6 is 11.6 Å². The zero-order valence-electron chi connectivity index (χ0n) is 15.8. The lowest BCUT2D eigenvalue weighted by Gasteiger charge is -2.19. The topological polar surface area (TPSA) is 71.0 Å². The minimum absolute atomic E-state index is 0.132. The molecule has 3 rings (SSSR count). The van der Waals surface area contributed by atoms with Crippen LogP contribution in [0, 0.1) is 0 Å². The number of hydrogen-bond acceptors (Lipinski definition) is 4. The lowest BCUT2D eigenvalue weighted by molar-refractivity contribution is -0.125. The van der Waals surface area contributed by atoms with Crippen LogP contribution in [0.25, 0.3) is 0 Å². The van der Waals surface area contributed by atoms with Crippen molar-refractivity contribution in [3.63, 3.8) is 0 Å². The van der Waals surface area contributed by atoms with Crippen LogP contribution in [-0.2, 0) is 9.63 Å². The molecule has 1 N–H and O–H groups in total. The first kappa shape index (κ1) is 19.9.